The first-order valence-corrected chi connectivity index (χ1v) is 8.29. The Morgan fingerprint density at radius 2 is 1.83 bits per heavy atom. The Morgan fingerprint density at radius 1 is 1.28 bits per heavy atom. The maximum atomic E-state index is 11.9. The van der Waals surface area contributed by atoms with Gasteiger partial charge < -0.3 is 15.0 Å². The molecule has 0 amide bonds. The third-order valence-electron chi connectivity index (χ3n) is 2.28. The van der Waals surface area contributed by atoms with Crippen molar-refractivity contribution < 1.29 is 14.1 Å². The molecule has 0 saturated heterocycles. The zero-order valence-corrected chi connectivity index (χ0v) is 12.4. The molecule has 1 rings (SSSR count). The average molecular weight is 269 g/mol. The van der Waals surface area contributed by atoms with E-state index in [1.807, 2.05) is 0 Å². The summed E-state index contributed by atoms with van der Waals surface area (Å²) in [6, 6.07) is 4.81. The molecule has 0 heterocycles. The van der Waals surface area contributed by atoms with Crippen LogP contribution in [0.15, 0.2) is 18.2 Å². The van der Waals surface area contributed by atoms with E-state index in [1.165, 1.54) is 0 Å². The van der Waals surface area contributed by atoms with E-state index in [2.05, 4.69) is 0 Å². The number of anilines is 1. The van der Waals surface area contributed by atoms with E-state index in [9.17, 15) is 9.36 Å². The van der Waals surface area contributed by atoms with Crippen LogP contribution in [0.3, 0.4) is 0 Å². The lowest BCUT2D eigenvalue weighted by molar-refractivity contribution is 0.00708. The van der Waals surface area contributed by atoms with Gasteiger partial charge in [0.2, 0.25) is 0 Å². The molecule has 5 heteroatoms. The quantitative estimate of drug-likeness (QED) is 0.508. The summed E-state index contributed by atoms with van der Waals surface area (Å²) in [5, 5.41) is 0.660. The van der Waals surface area contributed by atoms with Crippen LogP contribution in [0.5, 0.6) is 0 Å². The number of hydrogen-bond donors (Lipinski definition) is 1. The van der Waals surface area contributed by atoms with Crippen LogP contribution < -0.4 is 11.0 Å². The molecule has 0 spiro atoms. The van der Waals surface area contributed by atoms with Crippen molar-refractivity contribution in [3.05, 3.63) is 23.8 Å². The fourth-order valence-electron chi connectivity index (χ4n) is 1.40. The minimum atomic E-state index is -2.37. The van der Waals surface area contributed by atoms with E-state index in [1.54, 1.807) is 52.3 Å². The van der Waals surface area contributed by atoms with E-state index < -0.39 is 18.7 Å². The average Bonchev–Trinajstić information content (AvgIpc) is 2.12. The Bertz CT molecular complexity index is 511. The first-order valence-electron chi connectivity index (χ1n) is 5.69. The second kappa shape index (κ2) is 4.77. The molecule has 100 valence electrons. The van der Waals surface area contributed by atoms with Crippen molar-refractivity contribution in [1.82, 2.24) is 0 Å². The van der Waals surface area contributed by atoms with Gasteiger partial charge >= 0.3 is 5.97 Å². The minimum Gasteiger partial charge on any atom is -0.456 e. The standard InChI is InChI=1S/C13H20NO3P/c1-13(2,3)17-12(15)10-7-6-9(8-11(10)14)18(4,5)16/h6-8H,14H2,1-5H3. The number of nitrogens with two attached hydrogens (primary N) is 1. The number of esters is 1. The molecule has 1 aromatic rings. The summed E-state index contributed by atoms with van der Waals surface area (Å²) in [4.78, 5) is 11.9. The number of hydrogen-bond acceptors (Lipinski definition) is 4. The Morgan fingerprint density at radius 3 is 2.22 bits per heavy atom. The van der Waals surface area contributed by atoms with Gasteiger partial charge in [-0.25, -0.2) is 4.79 Å². The molecule has 0 radical (unpaired) electrons. The first kappa shape index (κ1) is 14.8. The fourth-order valence-corrected chi connectivity index (χ4v) is 2.29. The maximum absolute atomic E-state index is 11.9. The largest absolute Gasteiger partial charge is 0.456 e. The molecule has 0 aliphatic rings. The topological polar surface area (TPSA) is 69.4 Å². The van der Waals surface area contributed by atoms with Gasteiger partial charge in [0.15, 0.2) is 0 Å². The van der Waals surface area contributed by atoms with Crippen molar-refractivity contribution in [3.63, 3.8) is 0 Å². The predicted octanol–water partition coefficient (Wildman–Crippen LogP) is 2.47. The number of ether oxygens (including phenoxy) is 1. The molecule has 2 N–H and O–H groups in total. The monoisotopic (exact) mass is 269 g/mol. The Labute approximate surface area is 108 Å². The van der Waals surface area contributed by atoms with Crippen LogP contribution in [0.4, 0.5) is 5.69 Å². The van der Waals surface area contributed by atoms with E-state index in [-0.39, 0.29) is 0 Å². The predicted molar refractivity (Wildman–Crippen MR) is 75.1 cm³/mol. The van der Waals surface area contributed by atoms with Crippen LogP contribution in [0, 0.1) is 0 Å². The second-order valence-electron chi connectivity index (χ2n) is 5.62. The highest BCUT2D eigenvalue weighted by molar-refractivity contribution is 7.70. The van der Waals surface area contributed by atoms with Crippen molar-refractivity contribution in [3.8, 4) is 0 Å². The molecular weight excluding hydrogens is 249 g/mol. The van der Waals surface area contributed by atoms with Gasteiger partial charge in [-0.3, -0.25) is 0 Å². The van der Waals surface area contributed by atoms with E-state index in [0.717, 1.165) is 0 Å². The minimum absolute atomic E-state index is 0.297. The number of carbonyl (C=O) groups is 1. The molecule has 0 fully saturated rings. The highest BCUT2D eigenvalue weighted by Crippen LogP contribution is 2.35. The lowest BCUT2D eigenvalue weighted by atomic mass is 10.1. The summed E-state index contributed by atoms with van der Waals surface area (Å²) < 4.78 is 17.1. The third-order valence-corrected chi connectivity index (χ3v) is 3.80. The molecular formula is C13H20NO3P. The highest BCUT2D eigenvalue weighted by Gasteiger charge is 2.21. The zero-order valence-electron chi connectivity index (χ0n) is 11.5. The van der Waals surface area contributed by atoms with Gasteiger partial charge in [-0.2, -0.15) is 0 Å². The molecule has 1 aromatic carbocycles. The number of nitrogen functional groups attached to an aromatic ring is 1. The van der Waals surface area contributed by atoms with Crippen molar-refractivity contribution in [2.45, 2.75) is 26.4 Å². The van der Waals surface area contributed by atoms with Gasteiger partial charge in [0.05, 0.1) is 5.56 Å². The van der Waals surface area contributed by atoms with Crippen molar-refractivity contribution in [2.24, 2.45) is 0 Å². The molecule has 0 saturated carbocycles. The van der Waals surface area contributed by atoms with Crippen LogP contribution in [-0.4, -0.2) is 24.9 Å². The van der Waals surface area contributed by atoms with Gasteiger partial charge in [0.1, 0.15) is 12.7 Å². The number of carbonyl (C=O) groups excluding carboxylic acids is 1. The molecule has 0 atom stereocenters. The fraction of sp³-hybridized carbons (Fsp3) is 0.462. The lowest BCUT2D eigenvalue weighted by Gasteiger charge is -2.20. The van der Waals surface area contributed by atoms with Gasteiger partial charge in [-0.15, -0.1) is 0 Å². The normalized spacial score (nSPS) is 12.3. The maximum Gasteiger partial charge on any atom is 0.340 e. The first-order chi connectivity index (χ1) is 8.00. The Balaban J connectivity index is 3.07. The Hall–Kier alpha value is -1.28. The van der Waals surface area contributed by atoms with Crippen molar-refractivity contribution >= 4 is 24.1 Å². The van der Waals surface area contributed by atoms with Crippen LogP contribution in [-0.2, 0) is 9.30 Å². The van der Waals surface area contributed by atoms with E-state index in [4.69, 9.17) is 10.5 Å². The smallest absolute Gasteiger partial charge is 0.340 e. The summed E-state index contributed by atoms with van der Waals surface area (Å²) in [6.45, 7) is 8.70. The summed E-state index contributed by atoms with van der Waals surface area (Å²) in [6.07, 6.45) is 0. The summed E-state index contributed by atoms with van der Waals surface area (Å²) in [7, 11) is -2.37. The van der Waals surface area contributed by atoms with Gasteiger partial charge in [0, 0.05) is 11.0 Å². The second-order valence-corrected chi connectivity index (χ2v) is 8.84. The van der Waals surface area contributed by atoms with Crippen LogP contribution >= 0.6 is 7.14 Å². The number of benzene rings is 1. The van der Waals surface area contributed by atoms with Crippen LogP contribution in [0.1, 0.15) is 31.1 Å². The van der Waals surface area contributed by atoms with Gasteiger partial charge in [0.25, 0.3) is 0 Å². The van der Waals surface area contributed by atoms with Crippen molar-refractivity contribution in [1.29, 1.82) is 0 Å². The summed E-state index contributed by atoms with van der Waals surface area (Å²) in [5.74, 6) is -0.464. The molecule has 0 aromatic heterocycles. The zero-order chi connectivity index (χ0) is 14.1. The lowest BCUT2D eigenvalue weighted by Crippen LogP contribution is -2.24. The van der Waals surface area contributed by atoms with E-state index in [0.29, 0.717) is 16.6 Å². The van der Waals surface area contributed by atoms with Crippen molar-refractivity contribution in [2.75, 3.05) is 19.1 Å². The van der Waals surface area contributed by atoms with Crippen LogP contribution in [0.25, 0.3) is 0 Å². The molecule has 4 nitrogen and oxygen atoms in total. The molecule has 18 heavy (non-hydrogen) atoms. The summed E-state index contributed by atoms with van der Waals surface area (Å²) >= 11 is 0. The summed E-state index contributed by atoms with van der Waals surface area (Å²) in [5.41, 5.74) is 5.86. The SMILES string of the molecule is CC(C)(C)OC(=O)c1ccc(P(C)(C)=O)cc1N. The highest BCUT2D eigenvalue weighted by atomic mass is 31.2. The van der Waals surface area contributed by atoms with Gasteiger partial charge in [-0.05, 0) is 46.2 Å². The van der Waals surface area contributed by atoms with Gasteiger partial charge in [-0.1, -0.05) is 6.07 Å². The third kappa shape index (κ3) is 3.88. The molecule has 0 unspecified atom stereocenters. The molecule has 0 aliphatic heterocycles. The Kier molecular flexibility index (Phi) is 3.92. The van der Waals surface area contributed by atoms with E-state index >= 15 is 0 Å². The van der Waals surface area contributed by atoms with Crippen LogP contribution in [0.2, 0.25) is 0 Å². The number of rotatable bonds is 2. The molecule has 0 aliphatic carbocycles. The molecule has 0 bridgehead atoms.